The first-order chi connectivity index (χ1) is 17.9. The first-order valence-corrected chi connectivity index (χ1v) is 13.6. The van der Waals surface area contributed by atoms with E-state index in [2.05, 4.69) is 10.6 Å². The molecule has 0 aromatic carbocycles. The molecule has 0 spiro atoms. The van der Waals surface area contributed by atoms with E-state index in [1.54, 1.807) is 20.8 Å². The molecule has 2 aliphatic heterocycles. The van der Waals surface area contributed by atoms with Gasteiger partial charge in [0.2, 0.25) is 17.7 Å². The quantitative estimate of drug-likeness (QED) is 0.445. The fourth-order valence-corrected chi connectivity index (χ4v) is 6.24. The van der Waals surface area contributed by atoms with Crippen LogP contribution in [0.2, 0.25) is 0 Å². The minimum Gasteiger partial charge on any atom is -0.351 e. The van der Waals surface area contributed by atoms with Crippen molar-refractivity contribution in [2.75, 3.05) is 6.54 Å². The van der Waals surface area contributed by atoms with Crippen molar-refractivity contribution in [2.24, 2.45) is 23.2 Å². The largest absolute Gasteiger partial charge is 0.471 e. The SMILES string of the molecule is CC1(C)CC(CC(C#N)NC(=O)[C@@H]2CC(C3CCCC3)CN2C(=O)[C@@H](NC(=O)C(F)(F)F)C(C)(C)C)C(=O)N1. The molecule has 3 unspecified atom stereocenters. The van der Waals surface area contributed by atoms with Crippen LogP contribution in [-0.2, 0) is 19.2 Å². The van der Waals surface area contributed by atoms with E-state index >= 15 is 0 Å². The summed E-state index contributed by atoms with van der Waals surface area (Å²) in [4.78, 5) is 52.6. The Labute approximate surface area is 227 Å². The Hall–Kier alpha value is -2.84. The van der Waals surface area contributed by atoms with Gasteiger partial charge in [-0.25, -0.2) is 0 Å². The average molecular weight is 556 g/mol. The van der Waals surface area contributed by atoms with Gasteiger partial charge in [-0.1, -0.05) is 46.5 Å². The Morgan fingerprint density at radius 2 is 1.74 bits per heavy atom. The summed E-state index contributed by atoms with van der Waals surface area (Å²) in [6.07, 6.45) is -0.270. The fourth-order valence-electron chi connectivity index (χ4n) is 6.24. The molecular formula is C27H40F3N5O4. The second-order valence-corrected chi connectivity index (χ2v) is 13.0. The first kappa shape index (κ1) is 30.7. The molecule has 5 atom stereocenters. The molecule has 3 aliphatic rings. The number of amides is 4. The zero-order valence-corrected chi connectivity index (χ0v) is 23.3. The Morgan fingerprint density at radius 1 is 1.13 bits per heavy atom. The van der Waals surface area contributed by atoms with Crippen LogP contribution in [0.3, 0.4) is 0 Å². The van der Waals surface area contributed by atoms with Crippen LogP contribution < -0.4 is 16.0 Å². The average Bonchev–Trinajstić information content (AvgIpc) is 3.53. The van der Waals surface area contributed by atoms with Gasteiger partial charge in [-0.2, -0.15) is 18.4 Å². The van der Waals surface area contributed by atoms with E-state index in [1.165, 1.54) is 4.90 Å². The summed E-state index contributed by atoms with van der Waals surface area (Å²) in [5.74, 6) is -3.94. The lowest BCUT2D eigenvalue weighted by Gasteiger charge is -2.35. The van der Waals surface area contributed by atoms with E-state index in [0.29, 0.717) is 12.8 Å². The highest BCUT2D eigenvalue weighted by atomic mass is 19.4. The van der Waals surface area contributed by atoms with Crippen LogP contribution in [0.1, 0.15) is 79.6 Å². The highest BCUT2D eigenvalue weighted by Gasteiger charge is 2.49. The van der Waals surface area contributed by atoms with E-state index in [9.17, 15) is 37.6 Å². The third kappa shape index (κ3) is 7.42. The summed E-state index contributed by atoms with van der Waals surface area (Å²) >= 11 is 0. The third-order valence-electron chi connectivity index (χ3n) is 8.21. The molecule has 0 aromatic rings. The molecule has 1 aliphatic carbocycles. The molecule has 1 saturated carbocycles. The van der Waals surface area contributed by atoms with Gasteiger partial charge in [-0.3, -0.25) is 19.2 Å². The molecule has 9 nitrogen and oxygen atoms in total. The number of nitriles is 1. The van der Waals surface area contributed by atoms with Gasteiger partial charge in [0.15, 0.2) is 0 Å². The Balaban J connectivity index is 1.81. The van der Waals surface area contributed by atoms with Gasteiger partial charge in [0.25, 0.3) is 0 Å². The smallest absolute Gasteiger partial charge is 0.351 e. The number of halogens is 3. The molecule has 4 amide bonds. The van der Waals surface area contributed by atoms with Crippen LogP contribution >= 0.6 is 0 Å². The third-order valence-corrected chi connectivity index (χ3v) is 8.21. The van der Waals surface area contributed by atoms with Crippen molar-refractivity contribution in [1.82, 2.24) is 20.9 Å². The number of hydrogen-bond acceptors (Lipinski definition) is 5. The second kappa shape index (κ2) is 11.3. The van der Waals surface area contributed by atoms with Crippen LogP contribution in [-0.4, -0.2) is 64.9 Å². The van der Waals surface area contributed by atoms with Crippen molar-refractivity contribution in [3.05, 3.63) is 0 Å². The maximum absolute atomic E-state index is 13.7. The van der Waals surface area contributed by atoms with Gasteiger partial charge in [0, 0.05) is 18.0 Å². The monoisotopic (exact) mass is 555 g/mol. The molecule has 0 radical (unpaired) electrons. The maximum Gasteiger partial charge on any atom is 0.471 e. The van der Waals surface area contributed by atoms with E-state index in [0.717, 1.165) is 25.7 Å². The molecule has 3 N–H and O–H groups in total. The van der Waals surface area contributed by atoms with Gasteiger partial charge in [-0.15, -0.1) is 0 Å². The van der Waals surface area contributed by atoms with Crippen molar-refractivity contribution in [3.8, 4) is 6.07 Å². The van der Waals surface area contributed by atoms with Crippen molar-refractivity contribution in [2.45, 2.75) is 109 Å². The molecular weight excluding hydrogens is 515 g/mol. The molecule has 12 heteroatoms. The number of alkyl halides is 3. The predicted octanol–water partition coefficient (Wildman–Crippen LogP) is 2.80. The van der Waals surface area contributed by atoms with Crippen LogP contribution in [0.15, 0.2) is 0 Å². The normalized spacial score (nSPS) is 27.0. The molecule has 0 bridgehead atoms. The molecule has 2 saturated heterocycles. The van der Waals surface area contributed by atoms with Gasteiger partial charge in [0.1, 0.15) is 18.1 Å². The number of carbonyl (C=O) groups excluding carboxylic acids is 4. The molecule has 3 fully saturated rings. The second-order valence-electron chi connectivity index (χ2n) is 13.0. The van der Waals surface area contributed by atoms with Crippen molar-refractivity contribution in [3.63, 3.8) is 0 Å². The highest BCUT2D eigenvalue weighted by Crippen LogP contribution is 2.39. The minimum absolute atomic E-state index is 0.0203. The Bertz CT molecular complexity index is 1010. The number of likely N-dealkylation sites (tertiary alicyclic amines) is 1. The number of nitrogens with one attached hydrogen (secondary N) is 3. The number of nitrogens with zero attached hydrogens (tertiary/aromatic N) is 2. The van der Waals surface area contributed by atoms with Crippen LogP contribution in [0.25, 0.3) is 0 Å². The zero-order valence-electron chi connectivity index (χ0n) is 23.3. The molecule has 0 aromatic heterocycles. The molecule has 39 heavy (non-hydrogen) atoms. The van der Waals surface area contributed by atoms with Crippen LogP contribution in [0.5, 0.6) is 0 Å². The molecule has 2 heterocycles. The number of rotatable bonds is 7. The maximum atomic E-state index is 13.7. The summed E-state index contributed by atoms with van der Waals surface area (Å²) in [5, 5.41) is 17.1. The Kier molecular flexibility index (Phi) is 8.92. The van der Waals surface area contributed by atoms with E-state index < -0.39 is 58.9 Å². The van der Waals surface area contributed by atoms with Crippen molar-refractivity contribution < 1.29 is 32.3 Å². The number of hydrogen-bond donors (Lipinski definition) is 3. The summed E-state index contributed by atoms with van der Waals surface area (Å²) < 4.78 is 39.2. The summed E-state index contributed by atoms with van der Waals surface area (Å²) in [6.45, 7) is 8.58. The topological polar surface area (TPSA) is 131 Å². The van der Waals surface area contributed by atoms with Crippen molar-refractivity contribution >= 4 is 23.6 Å². The van der Waals surface area contributed by atoms with Crippen molar-refractivity contribution in [1.29, 1.82) is 5.26 Å². The highest BCUT2D eigenvalue weighted by molar-refractivity contribution is 5.94. The summed E-state index contributed by atoms with van der Waals surface area (Å²) in [7, 11) is 0. The fraction of sp³-hybridized carbons (Fsp3) is 0.815. The summed E-state index contributed by atoms with van der Waals surface area (Å²) in [5.41, 5.74) is -1.49. The minimum atomic E-state index is -5.17. The van der Waals surface area contributed by atoms with Gasteiger partial charge < -0.3 is 20.9 Å². The molecule has 218 valence electrons. The Morgan fingerprint density at radius 3 is 2.23 bits per heavy atom. The molecule has 3 rings (SSSR count). The van der Waals surface area contributed by atoms with Gasteiger partial charge >= 0.3 is 12.1 Å². The van der Waals surface area contributed by atoms with E-state index in [4.69, 9.17) is 0 Å². The van der Waals surface area contributed by atoms with Crippen LogP contribution in [0.4, 0.5) is 13.2 Å². The number of carbonyl (C=O) groups is 4. The lowest BCUT2D eigenvalue weighted by Crippen LogP contribution is -2.59. The van der Waals surface area contributed by atoms with E-state index in [1.807, 2.05) is 25.2 Å². The van der Waals surface area contributed by atoms with E-state index in [-0.39, 0.29) is 30.7 Å². The standard InChI is InChI=1S/C27H40F3N5O4/c1-25(2,3)20(33-24(39)27(28,29)30)23(38)35-14-17(15-8-6-7-9-15)11-19(35)22(37)32-18(13-31)10-16-12-26(4,5)34-21(16)36/h15-20H,6-12,14H2,1-5H3,(H,32,37)(H,33,39)(H,34,36)/t16?,17?,18?,19-,20+/m0/s1. The lowest BCUT2D eigenvalue weighted by atomic mass is 9.85. The summed E-state index contributed by atoms with van der Waals surface area (Å²) in [6, 6.07) is -1.46. The van der Waals surface area contributed by atoms with Gasteiger partial charge in [-0.05, 0) is 50.4 Å². The van der Waals surface area contributed by atoms with Crippen LogP contribution in [0, 0.1) is 34.5 Å². The zero-order chi connectivity index (χ0) is 29.3. The predicted molar refractivity (Wildman–Crippen MR) is 135 cm³/mol. The lowest BCUT2D eigenvalue weighted by molar-refractivity contribution is -0.176. The van der Waals surface area contributed by atoms with Gasteiger partial charge in [0.05, 0.1) is 6.07 Å². The first-order valence-electron chi connectivity index (χ1n) is 13.6.